The van der Waals surface area contributed by atoms with Gasteiger partial charge in [0.2, 0.25) is 5.91 Å². The third-order valence-corrected chi connectivity index (χ3v) is 5.71. The second-order valence-electron chi connectivity index (χ2n) is 6.25. The highest BCUT2D eigenvalue weighted by atomic mass is 31.2. The molecule has 1 atom stereocenters. The third-order valence-electron chi connectivity index (χ3n) is 3.65. The summed E-state index contributed by atoms with van der Waals surface area (Å²) in [7, 11) is -3.20. The SMILES string of the molecule is CCOP(=O)(Cc1ccc(C(=O)N[C@H](CC=C(C)C)C(N)=O)cc1)OCC. The summed E-state index contributed by atoms with van der Waals surface area (Å²) in [5, 5.41) is 2.63. The molecule has 150 valence electrons. The van der Waals surface area contributed by atoms with E-state index >= 15 is 0 Å². The van der Waals surface area contributed by atoms with Gasteiger partial charge in [-0.05, 0) is 51.8 Å². The van der Waals surface area contributed by atoms with Crippen LogP contribution in [-0.4, -0.2) is 31.1 Å². The Morgan fingerprint density at radius 1 is 1.15 bits per heavy atom. The molecule has 0 spiro atoms. The Kier molecular flexibility index (Phi) is 9.43. The first-order valence-electron chi connectivity index (χ1n) is 8.91. The number of carbonyl (C=O) groups excluding carboxylic acids is 2. The van der Waals surface area contributed by atoms with E-state index in [1.807, 2.05) is 19.9 Å². The molecule has 0 heterocycles. The first-order chi connectivity index (χ1) is 12.7. The van der Waals surface area contributed by atoms with E-state index in [1.54, 1.807) is 38.1 Å². The number of allylic oxidation sites excluding steroid dienone is 1. The number of nitrogens with two attached hydrogens (primary N) is 1. The molecule has 1 aromatic rings. The van der Waals surface area contributed by atoms with Gasteiger partial charge < -0.3 is 20.1 Å². The number of carbonyl (C=O) groups is 2. The Balaban J connectivity index is 2.82. The van der Waals surface area contributed by atoms with Gasteiger partial charge in [0.25, 0.3) is 5.91 Å². The molecule has 2 amide bonds. The Hall–Kier alpha value is -1.95. The van der Waals surface area contributed by atoms with Gasteiger partial charge in [0.1, 0.15) is 6.04 Å². The van der Waals surface area contributed by atoms with Crippen molar-refractivity contribution in [3.05, 3.63) is 47.0 Å². The van der Waals surface area contributed by atoms with Crippen molar-refractivity contribution in [3.8, 4) is 0 Å². The molecule has 0 bridgehead atoms. The summed E-state index contributed by atoms with van der Waals surface area (Å²) < 4.78 is 23.1. The average molecular weight is 396 g/mol. The Labute approximate surface area is 160 Å². The molecule has 0 aromatic heterocycles. The molecule has 0 fully saturated rings. The number of hydrogen-bond acceptors (Lipinski definition) is 5. The molecule has 0 aliphatic heterocycles. The molecule has 3 N–H and O–H groups in total. The summed E-state index contributed by atoms with van der Waals surface area (Å²) >= 11 is 0. The van der Waals surface area contributed by atoms with Crippen LogP contribution in [0.15, 0.2) is 35.9 Å². The van der Waals surface area contributed by atoms with Crippen molar-refractivity contribution in [2.75, 3.05) is 13.2 Å². The molecular formula is C19H29N2O5P. The molecule has 1 aromatic carbocycles. The maximum Gasteiger partial charge on any atom is 0.335 e. The third kappa shape index (κ3) is 8.08. The summed E-state index contributed by atoms with van der Waals surface area (Å²) in [6.07, 6.45) is 2.31. The zero-order chi connectivity index (χ0) is 20.4. The first kappa shape index (κ1) is 23.1. The topological polar surface area (TPSA) is 108 Å². The maximum atomic E-state index is 12.6. The summed E-state index contributed by atoms with van der Waals surface area (Å²) in [6.45, 7) is 7.90. The summed E-state index contributed by atoms with van der Waals surface area (Å²) in [4.78, 5) is 23.9. The van der Waals surface area contributed by atoms with Crippen molar-refractivity contribution in [3.63, 3.8) is 0 Å². The normalized spacial score (nSPS) is 12.3. The number of amides is 2. The van der Waals surface area contributed by atoms with Gasteiger partial charge in [0.05, 0.1) is 19.4 Å². The van der Waals surface area contributed by atoms with Crippen LogP contribution in [-0.2, 0) is 24.6 Å². The minimum atomic E-state index is -3.20. The van der Waals surface area contributed by atoms with Crippen LogP contribution in [0, 0.1) is 0 Å². The highest BCUT2D eigenvalue weighted by Gasteiger charge is 2.24. The molecule has 8 heteroatoms. The number of benzene rings is 1. The van der Waals surface area contributed by atoms with E-state index < -0.39 is 25.5 Å². The van der Waals surface area contributed by atoms with Gasteiger partial charge in [0.15, 0.2) is 0 Å². The van der Waals surface area contributed by atoms with Crippen molar-refractivity contribution < 1.29 is 23.2 Å². The van der Waals surface area contributed by atoms with Crippen LogP contribution in [0.4, 0.5) is 0 Å². The van der Waals surface area contributed by atoms with Gasteiger partial charge >= 0.3 is 7.60 Å². The van der Waals surface area contributed by atoms with Gasteiger partial charge in [-0.15, -0.1) is 0 Å². The Bertz CT molecular complexity index is 701. The Morgan fingerprint density at radius 3 is 2.15 bits per heavy atom. The quantitative estimate of drug-likeness (QED) is 0.440. The number of primary amides is 1. The predicted octanol–water partition coefficient (Wildman–Crippen LogP) is 3.39. The average Bonchev–Trinajstić information content (AvgIpc) is 2.58. The first-order valence-corrected chi connectivity index (χ1v) is 10.6. The van der Waals surface area contributed by atoms with Crippen LogP contribution >= 0.6 is 7.60 Å². The van der Waals surface area contributed by atoms with E-state index in [0.717, 1.165) is 11.1 Å². The molecule has 0 aliphatic rings. The second kappa shape index (κ2) is 11.0. The monoisotopic (exact) mass is 396 g/mol. The van der Waals surface area contributed by atoms with Crippen LogP contribution < -0.4 is 11.1 Å². The van der Waals surface area contributed by atoms with Crippen molar-refractivity contribution >= 4 is 19.4 Å². The van der Waals surface area contributed by atoms with Crippen molar-refractivity contribution in [2.24, 2.45) is 5.73 Å². The lowest BCUT2D eigenvalue weighted by molar-refractivity contribution is -0.119. The summed E-state index contributed by atoms with van der Waals surface area (Å²) in [5.41, 5.74) is 7.50. The minimum absolute atomic E-state index is 0.126. The van der Waals surface area contributed by atoms with Crippen molar-refractivity contribution in [1.82, 2.24) is 5.32 Å². The number of rotatable bonds is 11. The zero-order valence-corrected chi connectivity index (χ0v) is 17.3. The van der Waals surface area contributed by atoms with Crippen LogP contribution in [0.1, 0.15) is 50.0 Å². The van der Waals surface area contributed by atoms with Crippen LogP contribution in [0.25, 0.3) is 0 Å². The highest BCUT2D eigenvalue weighted by molar-refractivity contribution is 7.53. The second-order valence-corrected chi connectivity index (χ2v) is 8.30. The highest BCUT2D eigenvalue weighted by Crippen LogP contribution is 2.51. The smallest absolute Gasteiger partial charge is 0.335 e. The van der Waals surface area contributed by atoms with E-state index in [1.165, 1.54) is 0 Å². The van der Waals surface area contributed by atoms with E-state index in [4.69, 9.17) is 14.8 Å². The molecule has 0 radical (unpaired) electrons. The lowest BCUT2D eigenvalue weighted by atomic mass is 10.1. The van der Waals surface area contributed by atoms with Crippen molar-refractivity contribution in [2.45, 2.75) is 46.3 Å². The minimum Gasteiger partial charge on any atom is -0.368 e. The van der Waals surface area contributed by atoms with Gasteiger partial charge in [0, 0.05) is 5.56 Å². The van der Waals surface area contributed by atoms with Crippen LogP contribution in [0.5, 0.6) is 0 Å². The van der Waals surface area contributed by atoms with Gasteiger partial charge in [-0.2, -0.15) is 0 Å². The lowest BCUT2D eigenvalue weighted by Gasteiger charge is -2.17. The molecular weight excluding hydrogens is 367 g/mol. The number of nitrogens with one attached hydrogen (secondary N) is 1. The molecule has 1 rings (SSSR count). The fraction of sp³-hybridized carbons (Fsp3) is 0.474. The molecule has 27 heavy (non-hydrogen) atoms. The van der Waals surface area contributed by atoms with Gasteiger partial charge in [-0.1, -0.05) is 23.8 Å². The van der Waals surface area contributed by atoms with E-state index in [2.05, 4.69) is 5.32 Å². The molecule has 0 aliphatic carbocycles. The van der Waals surface area contributed by atoms with E-state index in [9.17, 15) is 14.2 Å². The molecule has 0 unspecified atom stereocenters. The molecule has 7 nitrogen and oxygen atoms in total. The molecule has 0 saturated heterocycles. The van der Waals surface area contributed by atoms with Crippen LogP contribution in [0.2, 0.25) is 0 Å². The number of hydrogen-bond donors (Lipinski definition) is 2. The Morgan fingerprint density at radius 2 is 1.70 bits per heavy atom. The van der Waals surface area contributed by atoms with Crippen molar-refractivity contribution in [1.29, 1.82) is 0 Å². The van der Waals surface area contributed by atoms with E-state index in [-0.39, 0.29) is 19.4 Å². The van der Waals surface area contributed by atoms with Gasteiger partial charge in [-0.25, -0.2) is 0 Å². The predicted molar refractivity (Wildman–Crippen MR) is 106 cm³/mol. The fourth-order valence-corrected chi connectivity index (χ4v) is 4.05. The summed E-state index contributed by atoms with van der Waals surface area (Å²) in [6, 6.07) is 5.81. The zero-order valence-electron chi connectivity index (χ0n) is 16.4. The fourth-order valence-electron chi connectivity index (χ4n) is 2.35. The standard InChI is InChI=1S/C19H29N2O5P/c1-5-25-27(24,26-6-2)13-15-8-10-16(11-9-15)19(23)21-17(18(20)22)12-7-14(3)4/h7-11,17H,5-6,12-13H2,1-4H3,(H2,20,22)(H,21,23)/t17-/m1/s1. The van der Waals surface area contributed by atoms with Crippen LogP contribution in [0.3, 0.4) is 0 Å². The molecule has 0 saturated carbocycles. The largest absolute Gasteiger partial charge is 0.368 e. The summed E-state index contributed by atoms with van der Waals surface area (Å²) in [5.74, 6) is -0.989. The maximum absolute atomic E-state index is 12.6. The van der Waals surface area contributed by atoms with Gasteiger partial charge in [-0.3, -0.25) is 14.2 Å². The van der Waals surface area contributed by atoms with E-state index in [0.29, 0.717) is 12.0 Å². The lowest BCUT2D eigenvalue weighted by Crippen LogP contribution is -2.44.